The Balaban J connectivity index is 2.18. The number of benzene rings is 1. The van der Waals surface area contributed by atoms with Crippen molar-refractivity contribution in [1.29, 1.82) is 0 Å². The fraction of sp³-hybridized carbons (Fsp3) is 0.0909. The van der Waals surface area contributed by atoms with Crippen molar-refractivity contribution < 1.29 is 22.4 Å². The molecular weight excluding hydrogens is 346 g/mol. The van der Waals surface area contributed by atoms with E-state index >= 15 is 0 Å². The van der Waals surface area contributed by atoms with E-state index in [1.165, 1.54) is 12.1 Å². The molecule has 0 bridgehead atoms. The molecule has 0 aliphatic heterocycles. The average Bonchev–Trinajstić information content (AvgIpc) is 2.82. The monoisotopic (exact) mass is 351 g/mol. The molecule has 1 aromatic heterocycles. The maximum absolute atomic E-state index is 13.5. The highest BCUT2D eigenvalue weighted by Gasteiger charge is 2.33. The number of carbonyl (C=O) groups excluding carboxylic acids is 1. The van der Waals surface area contributed by atoms with Crippen LogP contribution in [0.4, 0.5) is 23.2 Å². The highest BCUT2D eigenvalue weighted by molar-refractivity contribution is 9.10. The summed E-state index contributed by atoms with van der Waals surface area (Å²) in [7, 11) is 0. The van der Waals surface area contributed by atoms with Crippen LogP contribution in [0.5, 0.6) is 0 Å². The molecule has 0 aliphatic carbocycles. The molecule has 0 saturated carbocycles. The summed E-state index contributed by atoms with van der Waals surface area (Å²) in [6.07, 6.45) is -4.63. The van der Waals surface area contributed by atoms with Gasteiger partial charge in [0, 0.05) is 10.5 Å². The van der Waals surface area contributed by atoms with E-state index in [0.29, 0.717) is 10.5 Å². The Morgan fingerprint density at radius 2 is 2.00 bits per heavy atom. The van der Waals surface area contributed by atoms with Crippen LogP contribution in [0.1, 0.15) is 16.2 Å². The van der Waals surface area contributed by atoms with Crippen LogP contribution >= 0.6 is 15.9 Å². The fourth-order valence-electron chi connectivity index (χ4n) is 1.36. The Bertz CT molecular complexity index is 653. The number of amides is 1. The van der Waals surface area contributed by atoms with Crippen LogP contribution in [-0.4, -0.2) is 16.1 Å². The molecule has 106 valence electrons. The molecule has 1 amide bonds. The zero-order valence-electron chi connectivity index (χ0n) is 9.55. The molecule has 1 heterocycles. The van der Waals surface area contributed by atoms with Gasteiger partial charge < -0.3 is 5.32 Å². The highest BCUT2D eigenvalue weighted by Crippen LogP contribution is 2.28. The molecule has 1 aromatic carbocycles. The van der Waals surface area contributed by atoms with Gasteiger partial charge in [0.05, 0.1) is 5.69 Å². The van der Waals surface area contributed by atoms with Gasteiger partial charge in [-0.15, -0.1) is 0 Å². The van der Waals surface area contributed by atoms with E-state index in [1.54, 1.807) is 5.10 Å². The number of H-pyrrole nitrogens is 1. The molecule has 0 fully saturated rings. The first-order chi connectivity index (χ1) is 9.27. The zero-order valence-corrected chi connectivity index (χ0v) is 11.1. The van der Waals surface area contributed by atoms with Crippen LogP contribution in [0.25, 0.3) is 0 Å². The lowest BCUT2D eigenvalue weighted by Crippen LogP contribution is -2.13. The number of nitrogens with one attached hydrogen (secondary N) is 2. The average molecular weight is 352 g/mol. The predicted molar refractivity (Wildman–Crippen MR) is 65.6 cm³/mol. The van der Waals surface area contributed by atoms with Gasteiger partial charge in [0.1, 0.15) is 11.5 Å². The van der Waals surface area contributed by atoms with Gasteiger partial charge in [0.2, 0.25) is 0 Å². The molecule has 0 atom stereocenters. The van der Waals surface area contributed by atoms with Gasteiger partial charge in [-0.2, -0.15) is 18.3 Å². The lowest BCUT2D eigenvalue weighted by Gasteiger charge is -2.04. The second-order valence-electron chi connectivity index (χ2n) is 3.74. The van der Waals surface area contributed by atoms with Gasteiger partial charge in [-0.25, -0.2) is 4.39 Å². The number of alkyl halides is 3. The first kappa shape index (κ1) is 14.5. The van der Waals surface area contributed by atoms with Crippen molar-refractivity contribution in [2.24, 2.45) is 0 Å². The van der Waals surface area contributed by atoms with Gasteiger partial charge in [0.15, 0.2) is 5.69 Å². The Morgan fingerprint density at radius 3 is 2.55 bits per heavy atom. The van der Waals surface area contributed by atoms with Gasteiger partial charge in [-0.05, 0) is 18.2 Å². The quantitative estimate of drug-likeness (QED) is 0.812. The number of halogens is 5. The van der Waals surface area contributed by atoms with Crippen molar-refractivity contribution in [3.05, 3.63) is 45.9 Å². The van der Waals surface area contributed by atoms with Crippen LogP contribution in [0.2, 0.25) is 0 Å². The molecule has 4 nitrogen and oxygen atoms in total. The topological polar surface area (TPSA) is 57.8 Å². The molecule has 2 aromatic rings. The van der Waals surface area contributed by atoms with E-state index in [4.69, 9.17) is 0 Å². The van der Waals surface area contributed by atoms with E-state index in [-0.39, 0.29) is 5.69 Å². The summed E-state index contributed by atoms with van der Waals surface area (Å²) in [6.45, 7) is 0. The number of carbonyl (C=O) groups is 1. The number of hydrogen-bond acceptors (Lipinski definition) is 2. The summed E-state index contributed by atoms with van der Waals surface area (Å²) in [5.74, 6) is -1.67. The predicted octanol–water partition coefficient (Wildman–Crippen LogP) is 3.58. The Morgan fingerprint density at radius 1 is 1.30 bits per heavy atom. The number of hydrogen-bond donors (Lipinski definition) is 2. The number of aromatic amines is 1. The Labute approximate surface area is 118 Å². The first-order valence-electron chi connectivity index (χ1n) is 5.16. The third-order valence-electron chi connectivity index (χ3n) is 2.30. The number of anilines is 1. The zero-order chi connectivity index (χ0) is 14.9. The van der Waals surface area contributed by atoms with Gasteiger partial charge in [-0.3, -0.25) is 9.89 Å². The van der Waals surface area contributed by atoms with Crippen molar-refractivity contribution in [2.75, 3.05) is 5.32 Å². The van der Waals surface area contributed by atoms with Crippen molar-refractivity contribution in [1.82, 2.24) is 10.2 Å². The second kappa shape index (κ2) is 5.23. The standard InChI is InChI=1S/C11H6BrF4N3O/c12-5-1-2-7(6(13)3-5)17-10(20)8-4-9(19-18-8)11(14,15)16/h1-4H,(H,17,20)(H,18,19). The summed E-state index contributed by atoms with van der Waals surface area (Å²) in [4.78, 5) is 11.7. The maximum Gasteiger partial charge on any atom is 0.432 e. The van der Waals surface area contributed by atoms with E-state index in [9.17, 15) is 22.4 Å². The van der Waals surface area contributed by atoms with Crippen molar-refractivity contribution in [3.63, 3.8) is 0 Å². The molecule has 2 rings (SSSR count). The number of aromatic nitrogens is 2. The van der Waals surface area contributed by atoms with Crippen LogP contribution < -0.4 is 5.32 Å². The summed E-state index contributed by atoms with van der Waals surface area (Å²) >= 11 is 3.04. The molecule has 0 saturated heterocycles. The lowest BCUT2D eigenvalue weighted by molar-refractivity contribution is -0.141. The molecule has 20 heavy (non-hydrogen) atoms. The van der Waals surface area contributed by atoms with Crippen LogP contribution in [0, 0.1) is 5.82 Å². The van der Waals surface area contributed by atoms with E-state index in [2.05, 4.69) is 26.3 Å². The number of nitrogens with zero attached hydrogens (tertiary/aromatic N) is 1. The van der Waals surface area contributed by atoms with Crippen molar-refractivity contribution in [2.45, 2.75) is 6.18 Å². The minimum Gasteiger partial charge on any atom is -0.318 e. The summed E-state index contributed by atoms with van der Waals surface area (Å²) in [5.41, 5.74) is -1.80. The fourth-order valence-corrected chi connectivity index (χ4v) is 1.69. The largest absolute Gasteiger partial charge is 0.432 e. The Hall–Kier alpha value is -1.90. The Kier molecular flexibility index (Phi) is 3.80. The molecule has 0 spiro atoms. The molecular formula is C11H6BrF4N3O. The maximum atomic E-state index is 13.5. The molecule has 0 radical (unpaired) electrons. The second-order valence-corrected chi connectivity index (χ2v) is 4.66. The van der Waals surface area contributed by atoms with Crippen LogP contribution in [0.15, 0.2) is 28.7 Å². The van der Waals surface area contributed by atoms with E-state index in [1.807, 2.05) is 0 Å². The number of rotatable bonds is 2. The minimum absolute atomic E-state index is 0.158. The molecule has 2 N–H and O–H groups in total. The van der Waals surface area contributed by atoms with Crippen molar-refractivity contribution >= 4 is 27.5 Å². The van der Waals surface area contributed by atoms with Crippen LogP contribution in [-0.2, 0) is 6.18 Å². The smallest absolute Gasteiger partial charge is 0.318 e. The van der Waals surface area contributed by atoms with Gasteiger partial charge >= 0.3 is 6.18 Å². The van der Waals surface area contributed by atoms with E-state index < -0.39 is 29.3 Å². The first-order valence-corrected chi connectivity index (χ1v) is 5.95. The van der Waals surface area contributed by atoms with Crippen LogP contribution in [0.3, 0.4) is 0 Å². The van der Waals surface area contributed by atoms with Gasteiger partial charge in [-0.1, -0.05) is 15.9 Å². The molecule has 0 unspecified atom stereocenters. The van der Waals surface area contributed by atoms with Crippen molar-refractivity contribution in [3.8, 4) is 0 Å². The highest BCUT2D eigenvalue weighted by atomic mass is 79.9. The third kappa shape index (κ3) is 3.16. The van der Waals surface area contributed by atoms with E-state index in [0.717, 1.165) is 6.07 Å². The minimum atomic E-state index is -4.63. The summed E-state index contributed by atoms with van der Waals surface area (Å²) < 4.78 is 50.9. The lowest BCUT2D eigenvalue weighted by atomic mass is 10.3. The third-order valence-corrected chi connectivity index (χ3v) is 2.79. The van der Waals surface area contributed by atoms with Gasteiger partial charge in [0.25, 0.3) is 5.91 Å². The SMILES string of the molecule is O=C(Nc1ccc(Br)cc1F)c1cc(C(F)(F)F)[nH]n1. The normalized spacial score (nSPS) is 11.4. The summed E-state index contributed by atoms with van der Waals surface area (Å²) in [6, 6.07) is 4.41. The summed E-state index contributed by atoms with van der Waals surface area (Å²) in [5, 5.41) is 7.07. The molecule has 0 aliphatic rings. The molecule has 9 heteroatoms.